The molecule has 0 aromatic carbocycles. The summed E-state index contributed by atoms with van der Waals surface area (Å²) in [5, 5.41) is 3.21. The van der Waals surface area contributed by atoms with E-state index in [4.69, 9.17) is 0 Å². The van der Waals surface area contributed by atoms with Crippen molar-refractivity contribution in [1.29, 1.82) is 0 Å². The SMILES string of the molecule is FC(F)(F)CN1CCC(CNCc2ncc[nH]2)C1. The molecule has 0 radical (unpaired) electrons. The molecule has 102 valence electrons. The monoisotopic (exact) mass is 262 g/mol. The number of likely N-dealkylation sites (tertiary alicyclic amines) is 1. The highest BCUT2D eigenvalue weighted by Gasteiger charge is 2.34. The zero-order chi connectivity index (χ0) is 13.0. The highest BCUT2D eigenvalue weighted by Crippen LogP contribution is 2.22. The van der Waals surface area contributed by atoms with Crippen LogP contribution in [0.3, 0.4) is 0 Å². The van der Waals surface area contributed by atoms with Gasteiger partial charge in [-0.25, -0.2) is 4.98 Å². The number of hydrogen-bond acceptors (Lipinski definition) is 3. The van der Waals surface area contributed by atoms with E-state index >= 15 is 0 Å². The predicted octanol–water partition coefficient (Wildman–Crippen LogP) is 1.38. The fourth-order valence-electron chi connectivity index (χ4n) is 2.27. The van der Waals surface area contributed by atoms with E-state index in [9.17, 15) is 13.2 Å². The molecule has 1 aliphatic rings. The first-order valence-electron chi connectivity index (χ1n) is 6.01. The van der Waals surface area contributed by atoms with Crippen LogP contribution in [0.15, 0.2) is 12.4 Å². The maximum Gasteiger partial charge on any atom is 0.401 e. The van der Waals surface area contributed by atoms with Gasteiger partial charge >= 0.3 is 6.18 Å². The lowest BCUT2D eigenvalue weighted by atomic mass is 10.1. The van der Waals surface area contributed by atoms with Crippen molar-refractivity contribution < 1.29 is 13.2 Å². The molecule has 0 amide bonds. The number of hydrogen-bond donors (Lipinski definition) is 2. The molecule has 2 rings (SSSR count). The third-order valence-corrected chi connectivity index (χ3v) is 3.05. The summed E-state index contributed by atoms with van der Waals surface area (Å²) in [5.41, 5.74) is 0. The molecule has 2 N–H and O–H groups in total. The van der Waals surface area contributed by atoms with E-state index in [0.717, 1.165) is 18.8 Å². The molecular formula is C11H17F3N4. The Kier molecular flexibility index (Phi) is 4.23. The third-order valence-electron chi connectivity index (χ3n) is 3.05. The Morgan fingerprint density at radius 3 is 3.00 bits per heavy atom. The normalized spacial score (nSPS) is 21.6. The highest BCUT2D eigenvalue weighted by molar-refractivity contribution is 4.86. The standard InChI is InChI=1S/C11H17F3N4/c12-11(13,14)8-18-4-1-9(7-18)5-15-6-10-16-2-3-17-10/h2-3,9,15H,1,4-8H2,(H,16,17). The van der Waals surface area contributed by atoms with E-state index in [1.165, 1.54) is 4.90 Å². The van der Waals surface area contributed by atoms with Crippen molar-refractivity contribution in [2.75, 3.05) is 26.2 Å². The maximum atomic E-state index is 12.2. The van der Waals surface area contributed by atoms with E-state index < -0.39 is 12.7 Å². The number of aromatic nitrogens is 2. The molecule has 0 spiro atoms. The largest absolute Gasteiger partial charge is 0.401 e. The van der Waals surface area contributed by atoms with Crippen molar-refractivity contribution in [3.05, 3.63) is 18.2 Å². The molecule has 1 saturated heterocycles. The lowest BCUT2D eigenvalue weighted by Crippen LogP contribution is -2.33. The third kappa shape index (κ3) is 4.30. The number of alkyl halides is 3. The zero-order valence-corrected chi connectivity index (χ0v) is 10.0. The summed E-state index contributed by atoms with van der Waals surface area (Å²) < 4.78 is 36.6. The first-order chi connectivity index (χ1) is 8.53. The minimum atomic E-state index is -4.09. The van der Waals surface area contributed by atoms with E-state index in [-0.39, 0.29) is 0 Å². The fourth-order valence-corrected chi connectivity index (χ4v) is 2.27. The molecule has 18 heavy (non-hydrogen) atoms. The van der Waals surface area contributed by atoms with Gasteiger partial charge in [-0.1, -0.05) is 0 Å². The van der Waals surface area contributed by atoms with Gasteiger partial charge in [0, 0.05) is 18.9 Å². The second kappa shape index (κ2) is 5.71. The fraction of sp³-hybridized carbons (Fsp3) is 0.727. The second-order valence-electron chi connectivity index (χ2n) is 4.67. The zero-order valence-electron chi connectivity index (χ0n) is 10.0. The number of nitrogens with zero attached hydrogens (tertiary/aromatic N) is 2. The molecule has 1 unspecified atom stereocenters. The van der Waals surface area contributed by atoms with Crippen LogP contribution in [0.25, 0.3) is 0 Å². The van der Waals surface area contributed by atoms with Crippen LogP contribution >= 0.6 is 0 Å². The lowest BCUT2D eigenvalue weighted by molar-refractivity contribution is -0.143. The summed E-state index contributed by atoms with van der Waals surface area (Å²) in [4.78, 5) is 8.51. The van der Waals surface area contributed by atoms with Gasteiger partial charge < -0.3 is 10.3 Å². The minimum absolute atomic E-state index is 0.294. The maximum absolute atomic E-state index is 12.2. The summed E-state index contributed by atoms with van der Waals surface area (Å²) in [6, 6.07) is 0. The summed E-state index contributed by atoms with van der Waals surface area (Å²) >= 11 is 0. The van der Waals surface area contributed by atoms with Crippen LogP contribution in [0.5, 0.6) is 0 Å². The number of nitrogens with one attached hydrogen (secondary N) is 2. The van der Waals surface area contributed by atoms with Crippen molar-refractivity contribution in [2.24, 2.45) is 5.92 Å². The summed E-state index contributed by atoms with van der Waals surface area (Å²) in [5.74, 6) is 1.14. The van der Waals surface area contributed by atoms with Crippen molar-refractivity contribution in [3.63, 3.8) is 0 Å². The van der Waals surface area contributed by atoms with Crippen LogP contribution in [-0.4, -0.2) is 47.2 Å². The first-order valence-corrected chi connectivity index (χ1v) is 6.01. The molecule has 1 aliphatic heterocycles. The van der Waals surface area contributed by atoms with Gasteiger partial charge in [-0.05, 0) is 25.4 Å². The average molecular weight is 262 g/mol. The second-order valence-corrected chi connectivity index (χ2v) is 4.67. The quantitative estimate of drug-likeness (QED) is 0.842. The predicted molar refractivity (Wildman–Crippen MR) is 60.9 cm³/mol. The summed E-state index contributed by atoms with van der Waals surface area (Å²) in [6.45, 7) is 1.62. The number of halogens is 3. The molecule has 2 heterocycles. The Morgan fingerprint density at radius 2 is 2.33 bits per heavy atom. The molecule has 0 bridgehead atoms. The number of rotatable bonds is 5. The van der Waals surface area contributed by atoms with E-state index in [2.05, 4.69) is 15.3 Å². The first kappa shape index (κ1) is 13.4. The van der Waals surface area contributed by atoms with Gasteiger partial charge in [0.1, 0.15) is 5.82 Å². The van der Waals surface area contributed by atoms with Crippen LogP contribution in [0.1, 0.15) is 12.2 Å². The Labute approximate surface area is 104 Å². The Bertz CT molecular complexity index is 350. The highest BCUT2D eigenvalue weighted by atomic mass is 19.4. The Morgan fingerprint density at radius 1 is 1.50 bits per heavy atom. The van der Waals surface area contributed by atoms with Gasteiger partial charge in [0.05, 0.1) is 13.1 Å². The molecule has 1 fully saturated rings. The lowest BCUT2D eigenvalue weighted by Gasteiger charge is -2.17. The topological polar surface area (TPSA) is 44.0 Å². The van der Waals surface area contributed by atoms with Gasteiger partial charge in [-0.15, -0.1) is 0 Å². The summed E-state index contributed by atoms with van der Waals surface area (Å²) in [6.07, 6.45) is 0.160. The number of imidazole rings is 1. The van der Waals surface area contributed by atoms with Crippen molar-refractivity contribution in [3.8, 4) is 0 Å². The van der Waals surface area contributed by atoms with E-state index in [1.807, 2.05) is 0 Å². The molecule has 1 aromatic rings. The Balaban J connectivity index is 1.64. The van der Waals surface area contributed by atoms with Crippen molar-refractivity contribution >= 4 is 0 Å². The number of H-pyrrole nitrogens is 1. The van der Waals surface area contributed by atoms with Gasteiger partial charge in [-0.3, -0.25) is 4.90 Å². The van der Waals surface area contributed by atoms with Gasteiger partial charge in [-0.2, -0.15) is 13.2 Å². The van der Waals surface area contributed by atoms with Gasteiger partial charge in [0.2, 0.25) is 0 Å². The number of aromatic amines is 1. The molecule has 7 heteroatoms. The van der Waals surface area contributed by atoms with Crippen molar-refractivity contribution in [2.45, 2.75) is 19.1 Å². The smallest absolute Gasteiger partial charge is 0.348 e. The molecular weight excluding hydrogens is 245 g/mol. The molecule has 4 nitrogen and oxygen atoms in total. The van der Waals surface area contributed by atoms with Crippen LogP contribution < -0.4 is 5.32 Å². The molecule has 1 aromatic heterocycles. The molecule has 0 aliphatic carbocycles. The average Bonchev–Trinajstić information content (AvgIpc) is 2.88. The van der Waals surface area contributed by atoms with Crippen LogP contribution in [-0.2, 0) is 6.54 Å². The van der Waals surface area contributed by atoms with Crippen LogP contribution in [0, 0.1) is 5.92 Å². The van der Waals surface area contributed by atoms with E-state index in [1.54, 1.807) is 12.4 Å². The Hall–Kier alpha value is -1.08. The van der Waals surface area contributed by atoms with E-state index in [0.29, 0.717) is 25.6 Å². The molecule has 0 saturated carbocycles. The van der Waals surface area contributed by atoms with Gasteiger partial charge in [0.15, 0.2) is 0 Å². The molecule has 1 atom stereocenters. The van der Waals surface area contributed by atoms with Crippen LogP contribution in [0.2, 0.25) is 0 Å². The van der Waals surface area contributed by atoms with Gasteiger partial charge in [0.25, 0.3) is 0 Å². The summed E-state index contributed by atoms with van der Waals surface area (Å²) in [7, 11) is 0. The van der Waals surface area contributed by atoms with Crippen molar-refractivity contribution in [1.82, 2.24) is 20.2 Å². The van der Waals surface area contributed by atoms with Crippen LogP contribution in [0.4, 0.5) is 13.2 Å². The minimum Gasteiger partial charge on any atom is -0.348 e.